The number of hydrogen-bond acceptors (Lipinski definition) is 4. The lowest BCUT2D eigenvalue weighted by Crippen LogP contribution is -2.23. The molecule has 2 N–H and O–H groups in total. The smallest absolute Gasteiger partial charge is 0.164 e. The number of nitrogens with zero attached hydrogens (tertiary/aromatic N) is 3. The number of rotatable bonds is 2. The van der Waals surface area contributed by atoms with Gasteiger partial charge in [0.15, 0.2) is 5.82 Å². The zero-order chi connectivity index (χ0) is 13.4. The maximum atomic E-state index is 9.48. The molecule has 0 amide bonds. The number of aliphatic hydroxyl groups is 1. The fourth-order valence-electron chi connectivity index (χ4n) is 2.64. The van der Waals surface area contributed by atoms with Gasteiger partial charge in [-0.25, -0.2) is 0 Å². The van der Waals surface area contributed by atoms with E-state index in [1.165, 1.54) is 0 Å². The number of phenols is 1. The Hall–Kier alpha value is -1.88. The van der Waals surface area contributed by atoms with Crippen molar-refractivity contribution < 1.29 is 10.2 Å². The molecule has 0 aliphatic carbocycles. The van der Waals surface area contributed by atoms with Crippen molar-refractivity contribution >= 4 is 0 Å². The predicted octanol–water partition coefficient (Wildman–Crippen LogP) is 1.51. The standard InChI is InChI=1S/C14H17N3O2/c1-9-6-11(19)3-4-12(9)14-16-15-13-5-2-10(8-18)7-17(13)14/h3-4,6,10,18-19H,2,5,7-8H2,1H3. The minimum atomic E-state index is 0.200. The molecule has 1 aliphatic heterocycles. The second kappa shape index (κ2) is 4.66. The van der Waals surface area contributed by atoms with Gasteiger partial charge in [0.25, 0.3) is 0 Å². The molecule has 0 fully saturated rings. The Morgan fingerprint density at radius 3 is 2.95 bits per heavy atom. The zero-order valence-corrected chi connectivity index (χ0v) is 10.9. The van der Waals surface area contributed by atoms with Gasteiger partial charge < -0.3 is 14.8 Å². The highest BCUT2D eigenvalue weighted by Gasteiger charge is 2.23. The second-order valence-electron chi connectivity index (χ2n) is 5.14. The van der Waals surface area contributed by atoms with Gasteiger partial charge in [0, 0.05) is 31.1 Å². The summed E-state index contributed by atoms with van der Waals surface area (Å²) in [5, 5.41) is 27.3. The number of phenolic OH excluding ortho intramolecular Hbond substituents is 1. The molecule has 2 aromatic rings. The highest BCUT2D eigenvalue weighted by Crippen LogP contribution is 2.29. The first-order valence-electron chi connectivity index (χ1n) is 6.52. The van der Waals surface area contributed by atoms with Crippen molar-refractivity contribution in [2.45, 2.75) is 26.3 Å². The monoisotopic (exact) mass is 259 g/mol. The van der Waals surface area contributed by atoms with E-state index in [1.807, 2.05) is 13.0 Å². The maximum Gasteiger partial charge on any atom is 0.164 e. The Balaban J connectivity index is 2.05. The molecule has 0 bridgehead atoms. The fraction of sp³-hybridized carbons (Fsp3) is 0.429. The minimum Gasteiger partial charge on any atom is -0.508 e. The Labute approximate surface area is 111 Å². The molecule has 0 radical (unpaired) electrons. The van der Waals surface area contributed by atoms with Crippen LogP contribution in [-0.4, -0.2) is 31.6 Å². The van der Waals surface area contributed by atoms with E-state index < -0.39 is 0 Å². The molecule has 0 saturated carbocycles. The molecule has 1 unspecified atom stereocenters. The van der Waals surface area contributed by atoms with Crippen LogP contribution in [-0.2, 0) is 13.0 Å². The molecular formula is C14H17N3O2. The van der Waals surface area contributed by atoms with Crippen molar-refractivity contribution in [3.63, 3.8) is 0 Å². The van der Waals surface area contributed by atoms with Crippen LogP contribution in [0.25, 0.3) is 11.4 Å². The Morgan fingerprint density at radius 1 is 1.37 bits per heavy atom. The predicted molar refractivity (Wildman–Crippen MR) is 70.8 cm³/mol. The molecule has 5 nitrogen and oxygen atoms in total. The Bertz CT molecular complexity index is 607. The number of fused-ring (bicyclic) bond motifs is 1. The molecular weight excluding hydrogens is 242 g/mol. The number of benzene rings is 1. The SMILES string of the molecule is Cc1cc(O)ccc1-c1nnc2n1CC(CO)CC2. The largest absolute Gasteiger partial charge is 0.508 e. The van der Waals surface area contributed by atoms with Crippen LogP contribution in [0.15, 0.2) is 18.2 Å². The van der Waals surface area contributed by atoms with Crippen molar-refractivity contribution in [2.75, 3.05) is 6.61 Å². The Kier molecular flexibility index (Phi) is 2.98. The van der Waals surface area contributed by atoms with E-state index in [1.54, 1.807) is 12.1 Å². The number of aromatic nitrogens is 3. The van der Waals surface area contributed by atoms with Gasteiger partial charge in [0.2, 0.25) is 0 Å². The first kappa shape index (κ1) is 12.2. The van der Waals surface area contributed by atoms with E-state index >= 15 is 0 Å². The Morgan fingerprint density at radius 2 is 2.21 bits per heavy atom. The van der Waals surface area contributed by atoms with Gasteiger partial charge in [0.1, 0.15) is 11.6 Å². The third-order valence-electron chi connectivity index (χ3n) is 3.75. The first-order valence-corrected chi connectivity index (χ1v) is 6.52. The average molecular weight is 259 g/mol. The highest BCUT2D eigenvalue weighted by molar-refractivity contribution is 5.61. The second-order valence-corrected chi connectivity index (χ2v) is 5.14. The van der Waals surface area contributed by atoms with Crippen LogP contribution in [0.5, 0.6) is 5.75 Å². The zero-order valence-electron chi connectivity index (χ0n) is 10.9. The number of aliphatic hydroxyl groups excluding tert-OH is 1. The van der Waals surface area contributed by atoms with Crippen LogP contribution >= 0.6 is 0 Å². The molecule has 1 aromatic carbocycles. The van der Waals surface area contributed by atoms with Crippen molar-refractivity contribution in [3.8, 4) is 17.1 Å². The topological polar surface area (TPSA) is 71.2 Å². The highest BCUT2D eigenvalue weighted by atomic mass is 16.3. The van der Waals surface area contributed by atoms with E-state index in [9.17, 15) is 10.2 Å². The van der Waals surface area contributed by atoms with Crippen LogP contribution in [0.4, 0.5) is 0 Å². The molecule has 3 rings (SSSR count). The van der Waals surface area contributed by atoms with Crippen molar-refractivity contribution in [1.29, 1.82) is 0 Å². The quantitative estimate of drug-likeness (QED) is 0.857. The van der Waals surface area contributed by atoms with Crippen LogP contribution < -0.4 is 0 Å². The molecule has 2 heterocycles. The molecule has 19 heavy (non-hydrogen) atoms. The molecule has 1 aromatic heterocycles. The van der Waals surface area contributed by atoms with Crippen LogP contribution in [0.3, 0.4) is 0 Å². The molecule has 1 atom stereocenters. The van der Waals surface area contributed by atoms with Crippen molar-refractivity contribution in [1.82, 2.24) is 14.8 Å². The summed E-state index contributed by atoms with van der Waals surface area (Å²) in [6, 6.07) is 5.25. The lowest BCUT2D eigenvalue weighted by atomic mass is 9.99. The lowest BCUT2D eigenvalue weighted by Gasteiger charge is -2.22. The van der Waals surface area contributed by atoms with Crippen molar-refractivity contribution in [3.05, 3.63) is 29.6 Å². The van der Waals surface area contributed by atoms with Crippen LogP contribution in [0, 0.1) is 12.8 Å². The number of hydrogen-bond donors (Lipinski definition) is 2. The summed E-state index contributed by atoms with van der Waals surface area (Å²) < 4.78 is 2.09. The number of aromatic hydroxyl groups is 1. The molecule has 0 saturated heterocycles. The fourth-order valence-corrected chi connectivity index (χ4v) is 2.64. The summed E-state index contributed by atoms with van der Waals surface area (Å²) in [7, 11) is 0. The number of aryl methyl sites for hydroxylation is 2. The van der Waals surface area contributed by atoms with E-state index in [4.69, 9.17) is 0 Å². The van der Waals surface area contributed by atoms with Crippen molar-refractivity contribution in [2.24, 2.45) is 5.92 Å². The van der Waals surface area contributed by atoms with E-state index in [0.717, 1.165) is 42.2 Å². The average Bonchev–Trinajstić information content (AvgIpc) is 2.81. The molecule has 0 spiro atoms. The summed E-state index contributed by atoms with van der Waals surface area (Å²) in [6.45, 7) is 2.91. The summed E-state index contributed by atoms with van der Waals surface area (Å²) in [5.74, 6) is 2.34. The maximum absolute atomic E-state index is 9.48. The lowest BCUT2D eigenvalue weighted by molar-refractivity contribution is 0.191. The van der Waals surface area contributed by atoms with Gasteiger partial charge in [-0.2, -0.15) is 0 Å². The summed E-state index contributed by atoms with van der Waals surface area (Å²) in [4.78, 5) is 0. The summed E-state index contributed by atoms with van der Waals surface area (Å²) in [5.41, 5.74) is 1.96. The van der Waals surface area contributed by atoms with Crippen LogP contribution in [0.1, 0.15) is 17.8 Å². The third kappa shape index (κ3) is 2.10. The van der Waals surface area contributed by atoms with Gasteiger partial charge in [-0.15, -0.1) is 10.2 Å². The summed E-state index contributed by atoms with van der Waals surface area (Å²) >= 11 is 0. The normalized spacial score (nSPS) is 18.3. The third-order valence-corrected chi connectivity index (χ3v) is 3.75. The van der Waals surface area contributed by atoms with Gasteiger partial charge in [0.05, 0.1) is 0 Å². The molecule has 100 valence electrons. The van der Waals surface area contributed by atoms with E-state index in [0.29, 0.717) is 0 Å². The van der Waals surface area contributed by atoms with E-state index in [-0.39, 0.29) is 18.3 Å². The van der Waals surface area contributed by atoms with Gasteiger partial charge in [-0.1, -0.05) is 0 Å². The molecule has 1 aliphatic rings. The minimum absolute atomic E-state index is 0.200. The first-order chi connectivity index (χ1) is 9.19. The van der Waals surface area contributed by atoms with Gasteiger partial charge in [-0.05, 0) is 37.1 Å². The summed E-state index contributed by atoms with van der Waals surface area (Å²) in [6.07, 6.45) is 1.82. The van der Waals surface area contributed by atoms with Gasteiger partial charge in [-0.3, -0.25) is 0 Å². The molecule has 5 heteroatoms. The van der Waals surface area contributed by atoms with E-state index in [2.05, 4.69) is 14.8 Å². The van der Waals surface area contributed by atoms with Gasteiger partial charge >= 0.3 is 0 Å². The van der Waals surface area contributed by atoms with Crippen LogP contribution in [0.2, 0.25) is 0 Å².